The lowest BCUT2D eigenvalue weighted by Gasteiger charge is -2.35. The van der Waals surface area contributed by atoms with E-state index in [0.29, 0.717) is 18.7 Å². The number of nitrogens with two attached hydrogens (primary N) is 1. The van der Waals surface area contributed by atoms with Crippen LogP contribution in [0.5, 0.6) is 0 Å². The molecule has 1 saturated heterocycles. The molecule has 0 radical (unpaired) electrons. The molecule has 1 aromatic carbocycles. The summed E-state index contributed by atoms with van der Waals surface area (Å²) in [7, 11) is 1.36. The summed E-state index contributed by atoms with van der Waals surface area (Å²) in [5, 5.41) is 0. The Hall–Kier alpha value is -2.08. The molecule has 1 unspecified atom stereocenters. The molecule has 0 bridgehead atoms. The largest absolute Gasteiger partial charge is 0.465 e. The maximum atomic E-state index is 12.1. The molecule has 1 heterocycles. The van der Waals surface area contributed by atoms with Crippen LogP contribution in [0.1, 0.15) is 55.6 Å². The average Bonchev–Trinajstić information content (AvgIpc) is 2.59. The average molecular weight is 348 g/mol. The van der Waals surface area contributed by atoms with Gasteiger partial charge in [0.05, 0.1) is 12.7 Å². The van der Waals surface area contributed by atoms with Crippen molar-refractivity contribution in [3.8, 4) is 0 Å². The van der Waals surface area contributed by atoms with Gasteiger partial charge in [0.2, 0.25) is 0 Å². The predicted molar refractivity (Wildman–Crippen MR) is 95.2 cm³/mol. The lowest BCUT2D eigenvalue weighted by Crippen LogP contribution is -2.43. The fourth-order valence-corrected chi connectivity index (χ4v) is 3.03. The van der Waals surface area contributed by atoms with Crippen LogP contribution < -0.4 is 5.73 Å². The fraction of sp³-hybridized carbons (Fsp3) is 0.579. The van der Waals surface area contributed by atoms with E-state index in [0.717, 1.165) is 18.4 Å². The monoisotopic (exact) mass is 348 g/mol. The molecule has 1 aliphatic heterocycles. The van der Waals surface area contributed by atoms with Crippen LogP contribution in [0, 0.1) is 5.92 Å². The Kier molecular flexibility index (Phi) is 6.06. The first kappa shape index (κ1) is 19.2. The van der Waals surface area contributed by atoms with Crippen molar-refractivity contribution < 1.29 is 19.1 Å². The number of ether oxygens (including phenoxy) is 2. The number of likely N-dealkylation sites (tertiary alicyclic amines) is 1. The van der Waals surface area contributed by atoms with E-state index in [1.165, 1.54) is 7.11 Å². The summed E-state index contributed by atoms with van der Waals surface area (Å²) in [6.45, 7) is 6.85. The van der Waals surface area contributed by atoms with Crippen LogP contribution in [0.2, 0.25) is 0 Å². The SMILES string of the molecule is COC(=O)c1cccc(C(N)C2CCN(C(=O)OC(C)(C)C)CC2)c1. The van der Waals surface area contributed by atoms with Crippen LogP contribution >= 0.6 is 0 Å². The molecule has 6 nitrogen and oxygen atoms in total. The van der Waals surface area contributed by atoms with E-state index in [-0.39, 0.29) is 24.0 Å². The first-order valence-electron chi connectivity index (χ1n) is 8.63. The Labute approximate surface area is 149 Å². The molecule has 0 spiro atoms. The molecule has 6 heteroatoms. The number of esters is 1. The second-order valence-corrected chi connectivity index (χ2v) is 7.45. The Bertz CT molecular complexity index is 616. The molecular formula is C19H28N2O4. The van der Waals surface area contributed by atoms with Gasteiger partial charge in [-0.25, -0.2) is 9.59 Å². The highest BCUT2D eigenvalue weighted by Crippen LogP contribution is 2.30. The van der Waals surface area contributed by atoms with Crippen molar-refractivity contribution in [2.75, 3.05) is 20.2 Å². The number of carbonyl (C=O) groups excluding carboxylic acids is 2. The number of nitrogens with zero attached hydrogens (tertiary/aromatic N) is 1. The van der Waals surface area contributed by atoms with Crippen LogP contribution in [0.25, 0.3) is 0 Å². The fourth-order valence-electron chi connectivity index (χ4n) is 3.03. The van der Waals surface area contributed by atoms with Gasteiger partial charge in [0.1, 0.15) is 5.60 Å². The third kappa shape index (κ3) is 5.19. The van der Waals surface area contributed by atoms with Crippen LogP contribution in [0.15, 0.2) is 24.3 Å². The van der Waals surface area contributed by atoms with Gasteiger partial charge < -0.3 is 20.1 Å². The van der Waals surface area contributed by atoms with E-state index >= 15 is 0 Å². The molecule has 0 aliphatic carbocycles. The van der Waals surface area contributed by atoms with Gasteiger partial charge in [-0.05, 0) is 57.2 Å². The molecule has 1 aliphatic rings. The second kappa shape index (κ2) is 7.87. The van der Waals surface area contributed by atoms with E-state index in [1.807, 2.05) is 32.9 Å². The van der Waals surface area contributed by atoms with Gasteiger partial charge in [-0.3, -0.25) is 0 Å². The minimum Gasteiger partial charge on any atom is -0.465 e. The van der Waals surface area contributed by atoms with Crippen LogP contribution in [0.3, 0.4) is 0 Å². The van der Waals surface area contributed by atoms with E-state index < -0.39 is 5.60 Å². The maximum Gasteiger partial charge on any atom is 0.410 e. The molecule has 1 aromatic rings. The number of benzene rings is 1. The quantitative estimate of drug-likeness (QED) is 0.849. The van der Waals surface area contributed by atoms with Crippen LogP contribution in [-0.4, -0.2) is 42.8 Å². The molecule has 1 fully saturated rings. The number of piperidine rings is 1. The summed E-state index contributed by atoms with van der Waals surface area (Å²) in [6.07, 6.45) is 1.35. The van der Waals surface area contributed by atoms with Crippen LogP contribution in [0.4, 0.5) is 4.79 Å². The van der Waals surface area contributed by atoms with Gasteiger partial charge in [0.15, 0.2) is 0 Å². The Morgan fingerprint density at radius 2 is 1.88 bits per heavy atom. The Balaban J connectivity index is 1.96. The number of rotatable bonds is 3. The Morgan fingerprint density at radius 3 is 2.44 bits per heavy atom. The van der Waals surface area contributed by atoms with Gasteiger partial charge in [0, 0.05) is 19.1 Å². The van der Waals surface area contributed by atoms with Crippen LogP contribution in [-0.2, 0) is 9.47 Å². The van der Waals surface area contributed by atoms with E-state index in [9.17, 15) is 9.59 Å². The highest BCUT2D eigenvalue weighted by molar-refractivity contribution is 5.89. The molecule has 0 saturated carbocycles. The molecule has 1 atom stereocenters. The van der Waals surface area contributed by atoms with Crippen molar-refractivity contribution in [2.45, 2.75) is 45.3 Å². The zero-order valence-electron chi connectivity index (χ0n) is 15.5. The van der Waals surface area contributed by atoms with Gasteiger partial charge in [-0.2, -0.15) is 0 Å². The minimum atomic E-state index is -0.487. The molecule has 1 amide bonds. The zero-order chi connectivity index (χ0) is 18.6. The normalized spacial score (nSPS) is 17.1. The van der Waals surface area contributed by atoms with Crippen molar-refractivity contribution in [2.24, 2.45) is 11.7 Å². The third-order valence-electron chi connectivity index (χ3n) is 4.39. The van der Waals surface area contributed by atoms with E-state index in [2.05, 4.69) is 0 Å². The smallest absolute Gasteiger partial charge is 0.410 e. The van der Waals surface area contributed by atoms with Gasteiger partial charge in [0.25, 0.3) is 0 Å². The number of hydrogen-bond acceptors (Lipinski definition) is 5. The maximum absolute atomic E-state index is 12.1. The summed E-state index contributed by atoms with van der Waals surface area (Å²) in [6, 6.07) is 7.07. The number of hydrogen-bond donors (Lipinski definition) is 1. The summed E-state index contributed by atoms with van der Waals surface area (Å²) < 4.78 is 10.2. The summed E-state index contributed by atoms with van der Waals surface area (Å²) in [5.74, 6) is -0.111. The number of amides is 1. The second-order valence-electron chi connectivity index (χ2n) is 7.45. The standard InChI is InChI=1S/C19H28N2O4/c1-19(2,3)25-18(23)21-10-8-13(9-11-21)16(20)14-6-5-7-15(12-14)17(22)24-4/h5-7,12-13,16H,8-11,20H2,1-4H3. The highest BCUT2D eigenvalue weighted by atomic mass is 16.6. The van der Waals surface area contributed by atoms with Crippen molar-refractivity contribution in [1.29, 1.82) is 0 Å². The van der Waals surface area contributed by atoms with Crippen molar-refractivity contribution in [3.63, 3.8) is 0 Å². The van der Waals surface area contributed by atoms with Gasteiger partial charge >= 0.3 is 12.1 Å². The minimum absolute atomic E-state index is 0.176. The molecule has 2 N–H and O–H groups in total. The highest BCUT2D eigenvalue weighted by Gasteiger charge is 2.30. The summed E-state index contributed by atoms with van der Waals surface area (Å²) in [4.78, 5) is 25.5. The molecule has 0 aromatic heterocycles. The number of carbonyl (C=O) groups is 2. The molecule has 25 heavy (non-hydrogen) atoms. The summed E-state index contributed by atoms with van der Waals surface area (Å²) >= 11 is 0. The van der Waals surface area contributed by atoms with Gasteiger partial charge in [-0.15, -0.1) is 0 Å². The third-order valence-corrected chi connectivity index (χ3v) is 4.39. The van der Waals surface area contributed by atoms with Crippen molar-refractivity contribution in [3.05, 3.63) is 35.4 Å². The molecular weight excluding hydrogens is 320 g/mol. The van der Waals surface area contributed by atoms with E-state index in [4.69, 9.17) is 15.2 Å². The van der Waals surface area contributed by atoms with Crippen molar-refractivity contribution in [1.82, 2.24) is 4.90 Å². The Morgan fingerprint density at radius 1 is 1.24 bits per heavy atom. The van der Waals surface area contributed by atoms with Crippen molar-refractivity contribution >= 4 is 12.1 Å². The lowest BCUT2D eigenvalue weighted by molar-refractivity contribution is 0.0174. The first-order valence-corrected chi connectivity index (χ1v) is 8.63. The summed E-state index contributed by atoms with van der Waals surface area (Å²) in [5.41, 5.74) is 7.35. The predicted octanol–water partition coefficient (Wildman–Crippen LogP) is 3.12. The zero-order valence-corrected chi connectivity index (χ0v) is 15.5. The van der Waals surface area contributed by atoms with E-state index in [1.54, 1.807) is 17.0 Å². The molecule has 2 rings (SSSR count). The lowest BCUT2D eigenvalue weighted by atomic mass is 9.85. The van der Waals surface area contributed by atoms with Gasteiger partial charge in [-0.1, -0.05) is 12.1 Å². The topological polar surface area (TPSA) is 81.9 Å². The first-order chi connectivity index (χ1) is 11.7. The number of methoxy groups -OCH3 is 1. The molecule has 138 valence electrons.